The van der Waals surface area contributed by atoms with Gasteiger partial charge in [0.2, 0.25) is 5.43 Å². The topological polar surface area (TPSA) is 74.1 Å². The van der Waals surface area contributed by atoms with E-state index in [4.69, 9.17) is 4.74 Å². The summed E-state index contributed by atoms with van der Waals surface area (Å²) in [4.78, 5) is 28.6. The Labute approximate surface area is 198 Å². The predicted octanol–water partition coefficient (Wildman–Crippen LogP) is 4.63. The van der Waals surface area contributed by atoms with Crippen molar-refractivity contribution >= 4 is 5.97 Å². The van der Waals surface area contributed by atoms with Gasteiger partial charge < -0.3 is 4.74 Å². The molecule has 2 aromatic carbocycles. The van der Waals surface area contributed by atoms with Crippen molar-refractivity contribution in [2.24, 2.45) is 5.92 Å². The molecule has 2 aromatic heterocycles. The SMILES string of the molecule is CC(C)COC(=O)Cc1cccc(Cc2nn(-c3ccc(-c4ccncc4)cc3)ccc2=O)c1. The first-order chi connectivity index (χ1) is 16.5. The van der Waals surface area contributed by atoms with Crippen molar-refractivity contribution in [3.8, 4) is 16.8 Å². The Kier molecular flexibility index (Phi) is 7.28. The molecule has 0 saturated carbocycles. The van der Waals surface area contributed by atoms with Crippen LogP contribution in [0.1, 0.15) is 30.7 Å². The van der Waals surface area contributed by atoms with Gasteiger partial charge in [-0.1, -0.05) is 50.2 Å². The minimum Gasteiger partial charge on any atom is -0.465 e. The largest absolute Gasteiger partial charge is 0.465 e. The maximum atomic E-state index is 12.5. The summed E-state index contributed by atoms with van der Waals surface area (Å²) in [5.74, 6) is 0.0507. The number of benzene rings is 2. The third-order valence-electron chi connectivity index (χ3n) is 5.31. The lowest BCUT2D eigenvalue weighted by Crippen LogP contribution is -2.16. The highest BCUT2D eigenvalue weighted by Crippen LogP contribution is 2.20. The second-order valence-electron chi connectivity index (χ2n) is 8.60. The predicted molar refractivity (Wildman–Crippen MR) is 132 cm³/mol. The first kappa shape index (κ1) is 23.1. The van der Waals surface area contributed by atoms with Crippen LogP contribution in [0.2, 0.25) is 0 Å². The summed E-state index contributed by atoms with van der Waals surface area (Å²) in [7, 11) is 0. The fourth-order valence-electron chi connectivity index (χ4n) is 3.58. The zero-order valence-corrected chi connectivity index (χ0v) is 19.3. The van der Waals surface area contributed by atoms with Crippen LogP contribution in [0.15, 0.2) is 90.1 Å². The van der Waals surface area contributed by atoms with E-state index >= 15 is 0 Å². The zero-order valence-electron chi connectivity index (χ0n) is 19.3. The third-order valence-corrected chi connectivity index (χ3v) is 5.31. The molecule has 4 aromatic rings. The molecular weight excluding hydrogens is 426 g/mol. The molecule has 0 N–H and O–H groups in total. The van der Waals surface area contributed by atoms with Crippen LogP contribution < -0.4 is 5.43 Å². The fourth-order valence-corrected chi connectivity index (χ4v) is 3.58. The second-order valence-corrected chi connectivity index (χ2v) is 8.60. The first-order valence-electron chi connectivity index (χ1n) is 11.3. The smallest absolute Gasteiger partial charge is 0.310 e. The van der Waals surface area contributed by atoms with E-state index in [9.17, 15) is 9.59 Å². The van der Waals surface area contributed by atoms with Gasteiger partial charge in [0.25, 0.3) is 0 Å². The van der Waals surface area contributed by atoms with Crippen LogP contribution in [-0.2, 0) is 22.4 Å². The number of ether oxygens (including phenoxy) is 1. The Bertz CT molecular complexity index is 1310. The number of carbonyl (C=O) groups excluding carboxylic acids is 1. The number of aromatic nitrogens is 3. The first-order valence-corrected chi connectivity index (χ1v) is 11.3. The molecule has 0 bridgehead atoms. The number of pyridine rings is 1. The van der Waals surface area contributed by atoms with Gasteiger partial charge in [0.1, 0.15) is 5.69 Å². The van der Waals surface area contributed by atoms with Crippen molar-refractivity contribution in [2.75, 3.05) is 6.61 Å². The highest BCUT2D eigenvalue weighted by Gasteiger charge is 2.10. The van der Waals surface area contributed by atoms with Crippen molar-refractivity contribution in [3.63, 3.8) is 0 Å². The van der Waals surface area contributed by atoms with Gasteiger partial charge in [0.15, 0.2) is 0 Å². The highest BCUT2D eigenvalue weighted by molar-refractivity contribution is 5.72. The summed E-state index contributed by atoms with van der Waals surface area (Å²) in [6, 6.07) is 21.1. The zero-order chi connectivity index (χ0) is 23.9. The Hall–Kier alpha value is -4.06. The van der Waals surface area contributed by atoms with Crippen molar-refractivity contribution in [2.45, 2.75) is 26.7 Å². The molecule has 0 unspecified atom stereocenters. The Morgan fingerprint density at radius 2 is 1.65 bits per heavy atom. The lowest BCUT2D eigenvalue weighted by atomic mass is 10.0. The third kappa shape index (κ3) is 6.04. The molecule has 0 saturated heterocycles. The lowest BCUT2D eigenvalue weighted by molar-refractivity contribution is -0.143. The number of hydrogen-bond donors (Lipinski definition) is 0. The van der Waals surface area contributed by atoms with Crippen molar-refractivity contribution in [1.29, 1.82) is 0 Å². The van der Waals surface area contributed by atoms with Gasteiger partial charge >= 0.3 is 5.97 Å². The van der Waals surface area contributed by atoms with Crippen LogP contribution in [0.3, 0.4) is 0 Å². The minimum absolute atomic E-state index is 0.119. The van der Waals surface area contributed by atoms with Crippen LogP contribution in [0.5, 0.6) is 0 Å². The van der Waals surface area contributed by atoms with Crippen molar-refractivity contribution in [3.05, 3.63) is 112 Å². The van der Waals surface area contributed by atoms with Gasteiger partial charge in [0.05, 0.1) is 18.7 Å². The quantitative estimate of drug-likeness (QED) is 0.364. The van der Waals surface area contributed by atoms with Gasteiger partial charge in [-0.2, -0.15) is 5.10 Å². The lowest BCUT2D eigenvalue weighted by Gasteiger charge is -2.10. The maximum absolute atomic E-state index is 12.5. The molecule has 2 heterocycles. The summed E-state index contributed by atoms with van der Waals surface area (Å²) in [6.45, 7) is 4.42. The molecule has 0 atom stereocenters. The van der Waals surface area contributed by atoms with E-state index in [1.807, 2.05) is 74.5 Å². The van der Waals surface area contributed by atoms with E-state index in [1.165, 1.54) is 6.07 Å². The number of rotatable bonds is 8. The molecule has 6 nitrogen and oxygen atoms in total. The summed E-state index contributed by atoms with van der Waals surface area (Å²) in [6.07, 6.45) is 5.79. The molecule has 0 radical (unpaired) electrons. The normalized spacial score (nSPS) is 10.9. The van der Waals surface area contributed by atoms with Crippen LogP contribution in [0.4, 0.5) is 0 Å². The summed E-state index contributed by atoms with van der Waals surface area (Å²) in [5.41, 5.74) is 5.13. The average Bonchev–Trinajstić information content (AvgIpc) is 2.85. The summed E-state index contributed by atoms with van der Waals surface area (Å²) in [5, 5.41) is 4.58. The molecule has 0 fully saturated rings. The molecule has 0 aliphatic carbocycles. The van der Waals surface area contributed by atoms with E-state index < -0.39 is 0 Å². The molecule has 0 aliphatic rings. The van der Waals surface area contributed by atoms with Gasteiger partial charge in [-0.05, 0) is 52.4 Å². The summed E-state index contributed by atoms with van der Waals surface area (Å²) < 4.78 is 6.99. The Morgan fingerprint density at radius 1 is 0.941 bits per heavy atom. The number of nitrogens with zero attached hydrogens (tertiary/aromatic N) is 3. The van der Waals surface area contributed by atoms with Gasteiger partial charge in [-0.15, -0.1) is 0 Å². The highest BCUT2D eigenvalue weighted by atomic mass is 16.5. The molecule has 0 aliphatic heterocycles. The number of carbonyl (C=O) groups is 1. The second kappa shape index (κ2) is 10.7. The van der Waals surface area contributed by atoms with Gasteiger partial charge in [0, 0.05) is 31.1 Å². The van der Waals surface area contributed by atoms with Crippen molar-refractivity contribution in [1.82, 2.24) is 14.8 Å². The van der Waals surface area contributed by atoms with Crippen LogP contribution >= 0.6 is 0 Å². The Balaban J connectivity index is 1.50. The molecule has 172 valence electrons. The van der Waals surface area contributed by atoms with Gasteiger partial charge in [-0.25, -0.2) is 4.68 Å². The van der Waals surface area contributed by atoms with E-state index in [0.29, 0.717) is 24.6 Å². The van der Waals surface area contributed by atoms with E-state index in [2.05, 4.69) is 10.1 Å². The monoisotopic (exact) mass is 453 g/mol. The molecular formula is C28H27N3O3. The molecule has 0 amide bonds. The Morgan fingerprint density at radius 3 is 2.38 bits per heavy atom. The molecule has 6 heteroatoms. The van der Waals surface area contributed by atoms with E-state index in [0.717, 1.165) is 27.9 Å². The average molecular weight is 454 g/mol. The van der Waals surface area contributed by atoms with E-state index in [-0.39, 0.29) is 17.8 Å². The molecule has 0 spiro atoms. The van der Waals surface area contributed by atoms with E-state index in [1.54, 1.807) is 23.3 Å². The van der Waals surface area contributed by atoms with Crippen LogP contribution in [0.25, 0.3) is 16.8 Å². The summed E-state index contributed by atoms with van der Waals surface area (Å²) >= 11 is 0. The van der Waals surface area contributed by atoms with Gasteiger partial charge in [-0.3, -0.25) is 14.6 Å². The number of hydrogen-bond acceptors (Lipinski definition) is 5. The molecule has 34 heavy (non-hydrogen) atoms. The minimum atomic E-state index is -0.249. The fraction of sp³-hybridized carbons (Fsp3) is 0.214. The maximum Gasteiger partial charge on any atom is 0.310 e. The van der Waals surface area contributed by atoms with Crippen LogP contribution in [-0.4, -0.2) is 27.3 Å². The van der Waals surface area contributed by atoms with Crippen molar-refractivity contribution < 1.29 is 9.53 Å². The molecule has 4 rings (SSSR count). The van der Waals surface area contributed by atoms with Crippen LogP contribution in [0, 0.1) is 5.92 Å². The standard InChI is InChI=1S/C28H27N3O3/c1-20(2)19-34-28(33)18-22-5-3-4-21(16-22)17-26-27(32)12-15-31(30-26)25-8-6-23(7-9-25)24-10-13-29-14-11-24/h3-16,20H,17-19H2,1-2H3. The number of esters is 1.